The molecule has 0 atom stereocenters. The van der Waals surface area contributed by atoms with E-state index in [2.05, 4.69) is 5.32 Å². The van der Waals surface area contributed by atoms with Gasteiger partial charge in [-0.05, 0) is 73.5 Å². The van der Waals surface area contributed by atoms with Crippen LogP contribution in [0.3, 0.4) is 0 Å². The van der Waals surface area contributed by atoms with E-state index in [1.165, 1.54) is 10.6 Å². The number of nitrogens with zero attached hydrogens (tertiary/aromatic N) is 1. The monoisotopic (exact) mass is 452 g/mol. The van der Waals surface area contributed by atoms with E-state index in [-0.39, 0.29) is 5.91 Å². The normalized spacial score (nSPS) is 12.9. The maximum atomic E-state index is 12.9. The first-order chi connectivity index (χ1) is 15.3. The first kappa shape index (κ1) is 21.7. The van der Waals surface area contributed by atoms with Crippen molar-refractivity contribution < 1.29 is 22.7 Å². The number of nitrogens with one attached hydrogen (secondary N) is 1. The third-order valence-corrected chi connectivity index (χ3v) is 6.27. The van der Waals surface area contributed by atoms with Gasteiger partial charge in [0.05, 0.1) is 24.2 Å². The predicted molar refractivity (Wildman–Crippen MR) is 124 cm³/mol. The SMILES string of the molecule is CCOc1ccc(Oc2ccccc2NC(=O)c2ccc3c(c2)CCN3S(C)(=O)=O)cc1. The molecule has 4 rings (SSSR count). The molecule has 8 heteroatoms. The van der Waals surface area contributed by atoms with Crippen LogP contribution < -0.4 is 19.1 Å². The molecule has 1 heterocycles. The quantitative estimate of drug-likeness (QED) is 0.572. The number of rotatable bonds is 7. The van der Waals surface area contributed by atoms with Gasteiger partial charge in [-0.1, -0.05) is 12.1 Å². The number of fused-ring (bicyclic) bond motifs is 1. The van der Waals surface area contributed by atoms with E-state index < -0.39 is 10.0 Å². The minimum atomic E-state index is -3.33. The fourth-order valence-corrected chi connectivity index (χ4v) is 4.57. The molecule has 0 fully saturated rings. The Balaban J connectivity index is 1.51. The summed E-state index contributed by atoms with van der Waals surface area (Å²) in [7, 11) is -3.33. The summed E-state index contributed by atoms with van der Waals surface area (Å²) >= 11 is 0. The number of amides is 1. The van der Waals surface area contributed by atoms with Gasteiger partial charge < -0.3 is 14.8 Å². The Bertz CT molecular complexity index is 1240. The lowest BCUT2D eigenvalue weighted by molar-refractivity contribution is 0.102. The number of carbonyl (C=O) groups excluding carboxylic acids is 1. The van der Waals surface area contributed by atoms with Crippen molar-refractivity contribution in [1.82, 2.24) is 0 Å². The Morgan fingerprint density at radius 2 is 1.75 bits per heavy atom. The van der Waals surface area contributed by atoms with E-state index in [0.29, 0.717) is 48.0 Å². The zero-order valence-electron chi connectivity index (χ0n) is 17.9. The lowest BCUT2D eigenvalue weighted by atomic mass is 10.1. The van der Waals surface area contributed by atoms with Crippen LogP contribution in [0.4, 0.5) is 11.4 Å². The molecule has 0 bridgehead atoms. The lowest BCUT2D eigenvalue weighted by Crippen LogP contribution is -2.27. The van der Waals surface area contributed by atoms with Crippen molar-refractivity contribution in [3.63, 3.8) is 0 Å². The summed E-state index contributed by atoms with van der Waals surface area (Å²) in [5.41, 5.74) is 2.45. The highest BCUT2D eigenvalue weighted by Gasteiger charge is 2.26. The minimum absolute atomic E-state index is 0.298. The summed E-state index contributed by atoms with van der Waals surface area (Å²) in [6, 6.07) is 19.5. The van der Waals surface area contributed by atoms with Crippen LogP contribution in [-0.4, -0.2) is 33.7 Å². The topological polar surface area (TPSA) is 84.9 Å². The van der Waals surface area contributed by atoms with Crippen LogP contribution in [0.2, 0.25) is 0 Å². The Labute approximate surface area is 187 Å². The average Bonchev–Trinajstić information content (AvgIpc) is 3.20. The molecule has 0 saturated carbocycles. The van der Waals surface area contributed by atoms with Crippen molar-refractivity contribution >= 4 is 27.3 Å². The van der Waals surface area contributed by atoms with Gasteiger partial charge in [-0.15, -0.1) is 0 Å². The number of carbonyl (C=O) groups is 1. The van der Waals surface area contributed by atoms with Gasteiger partial charge in [0, 0.05) is 12.1 Å². The number of para-hydroxylation sites is 2. The maximum Gasteiger partial charge on any atom is 0.255 e. The third kappa shape index (κ3) is 4.70. The maximum absolute atomic E-state index is 12.9. The van der Waals surface area contributed by atoms with E-state index >= 15 is 0 Å². The van der Waals surface area contributed by atoms with Crippen LogP contribution in [0.25, 0.3) is 0 Å². The number of anilines is 2. The fourth-order valence-electron chi connectivity index (χ4n) is 3.61. The predicted octanol–water partition coefficient (Wildman–Crippen LogP) is 4.45. The van der Waals surface area contributed by atoms with Crippen LogP contribution in [0.1, 0.15) is 22.8 Å². The van der Waals surface area contributed by atoms with Gasteiger partial charge in [0.2, 0.25) is 10.0 Å². The van der Waals surface area contributed by atoms with Gasteiger partial charge in [-0.2, -0.15) is 0 Å². The number of hydrogen-bond donors (Lipinski definition) is 1. The van der Waals surface area contributed by atoms with E-state index in [1.807, 2.05) is 31.2 Å². The highest BCUT2D eigenvalue weighted by Crippen LogP contribution is 2.33. The molecule has 1 aliphatic heterocycles. The van der Waals surface area contributed by atoms with E-state index in [9.17, 15) is 13.2 Å². The number of benzene rings is 3. The molecular formula is C24H24N2O5S. The molecule has 0 aromatic heterocycles. The van der Waals surface area contributed by atoms with Gasteiger partial charge in [0.25, 0.3) is 5.91 Å². The molecular weight excluding hydrogens is 428 g/mol. The van der Waals surface area contributed by atoms with Crippen LogP contribution in [-0.2, 0) is 16.4 Å². The van der Waals surface area contributed by atoms with Gasteiger partial charge in [-0.3, -0.25) is 9.10 Å². The smallest absolute Gasteiger partial charge is 0.255 e. The van der Waals surface area contributed by atoms with Crippen molar-refractivity contribution in [2.45, 2.75) is 13.3 Å². The average molecular weight is 453 g/mol. The van der Waals surface area contributed by atoms with Crippen LogP contribution in [0.5, 0.6) is 17.2 Å². The summed E-state index contributed by atoms with van der Waals surface area (Å²) in [6.45, 7) is 2.90. The molecule has 7 nitrogen and oxygen atoms in total. The molecule has 3 aromatic carbocycles. The largest absolute Gasteiger partial charge is 0.494 e. The van der Waals surface area contributed by atoms with Crippen molar-refractivity contribution in [1.29, 1.82) is 0 Å². The fraction of sp³-hybridized carbons (Fsp3) is 0.208. The van der Waals surface area contributed by atoms with Crippen molar-refractivity contribution in [2.24, 2.45) is 0 Å². The first-order valence-corrected chi connectivity index (χ1v) is 12.1. The molecule has 1 amide bonds. The van der Waals surface area contributed by atoms with Gasteiger partial charge >= 0.3 is 0 Å². The zero-order valence-corrected chi connectivity index (χ0v) is 18.7. The molecule has 1 N–H and O–H groups in total. The summed E-state index contributed by atoms with van der Waals surface area (Å²) in [5.74, 6) is 1.59. The van der Waals surface area contributed by atoms with Crippen LogP contribution in [0.15, 0.2) is 66.7 Å². The van der Waals surface area contributed by atoms with Crippen molar-refractivity contribution in [3.05, 3.63) is 77.9 Å². The van der Waals surface area contributed by atoms with Crippen molar-refractivity contribution in [3.8, 4) is 17.2 Å². The summed E-state index contributed by atoms with van der Waals surface area (Å²) in [6.07, 6.45) is 1.75. The highest BCUT2D eigenvalue weighted by molar-refractivity contribution is 7.92. The van der Waals surface area contributed by atoms with E-state index in [0.717, 1.165) is 11.3 Å². The number of ether oxygens (including phenoxy) is 2. The molecule has 0 saturated heterocycles. The second-order valence-corrected chi connectivity index (χ2v) is 9.29. The molecule has 0 spiro atoms. The third-order valence-electron chi connectivity index (χ3n) is 5.09. The van der Waals surface area contributed by atoms with E-state index in [1.54, 1.807) is 42.5 Å². The standard InChI is InChI=1S/C24H24N2O5S/c1-3-30-19-9-11-20(12-10-19)31-23-7-5-4-6-21(23)25-24(27)18-8-13-22-17(16-18)14-15-26(22)32(2,28)29/h4-13,16H,3,14-15H2,1-2H3,(H,25,27). The van der Waals surface area contributed by atoms with Crippen LogP contribution in [0, 0.1) is 0 Å². The molecule has 0 unspecified atom stereocenters. The Morgan fingerprint density at radius 3 is 2.47 bits per heavy atom. The van der Waals surface area contributed by atoms with Gasteiger partial charge in [-0.25, -0.2) is 8.42 Å². The molecule has 166 valence electrons. The number of hydrogen-bond acceptors (Lipinski definition) is 5. The Morgan fingerprint density at radius 1 is 1.03 bits per heavy atom. The molecule has 0 radical (unpaired) electrons. The Kier molecular flexibility index (Phi) is 6.05. The minimum Gasteiger partial charge on any atom is -0.494 e. The highest BCUT2D eigenvalue weighted by atomic mass is 32.2. The van der Waals surface area contributed by atoms with Gasteiger partial charge in [0.15, 0.2) is 5.75 Å². The second kappa shape index (κ2) is 8.92. The summed E-state index contributed by atoms with van der Waals surface area (Å²) < 4.78 is 36.6. The molecule has 1 aliphatic rings. The molecule has 32 heavy (non-hydrogen) atoms. The van der Waals surface area contributed by atoms with Crippen molar-refractivity contribution in [2.75, 3.05) is 29.0 Å². The van der Waals surface area contributed by atoms with E-state index in [4.69, 9.17) is 9.47 Å². The zero-order chi connectivity index (χ0) is 22.7. The molecule has 0 aliphatic carbocycles. The Hall–Kier alpha value is -3.52. The van der Waals surface area contributed by atoms with Crippen LogP contribution >= 0.6 is 0 Å². The summed E-state index contributed by atoms with van der Waals surface area (Å²) in [5, 5.41) is 2.89. The first-order valence-electron chi connectivity index (χ1n) is 10.3. The van der Waals surface area contributed by atoms with Gasteiger partial charge in [0.1, 0.15) is 11.5 Å². The molecule has 3 aromatic rings. The number of sulfonamides is 1. The lowest BCUT2D eigenvalue weighted by Gasteiger charge is -2.16. The second-order valence-electron chi connectivity index (χ2n) is 7.39. The summed E-state index contributed by atoms with van der Waals surface area (Å²) in [4.78, 5) is 12.9.